The monoisotopic (exact) mass is 420 g/mol. The summed E-state index contributed by atoms with van der Waals surface area (Å²) < 4.78 is 2.76. The molecule has 5 nitrogen and oxygen atoms in total. The fourth-order valence-electron chi connectivity index (χ4n) is 3.84. The highest BCUT2D eigenvalue weighted by Gasteiger charge is 2.35. The number of nitrogens with one attached hydrogen (secondary N) is 1. The lowest BCUT2D eigenvalue weighted by molar-refractivity contribution is -0.122. The van der Waals surface area contributed by atoms with Crippen LogP contribution in [0.3, 0.4) is 0 Å². The van der Waals surface area contributed by atoms with Crippen LogP contribution < -0.4 is 5.32 Å². The first-order valence-corrected chi connectivity index (χ1v) is 10.1. The van der Waals surface area contributed by atoms with Gasteiger partial charge in [-0.1, -0.05) is 29.8 Å². The Morgan fingerprint density at radius 1 is 1.00 bits per heavy atom. The maximum Gasteiger partial charge on any atom is 0.259 e. The van der Waals surface area contributed by atoms with Crippen molar-refractivity contribution in [3.05, 3.63) is 70.2 Å². The van der Waals surface area contributed by atoms with Gasteiger partial charge in [0.1, 0.15) is 6.29 Å². The highest BCUT2D eigenvalue weighted by atomic mass is 35.5. The molecule has 2 aromatic heterocycles. The molecular formula is C22H13ClN2O3S. The summed E-state index contributed by atoms with van der Waals surface area (Å²) in [5.74, 6) is -0.878. The molecule has 3 heterocycles. The summed E-state index contributed by atoms with van der Waals surface area (Å²) in [7, 11) is 0. The fourth-order valence-corrected chi connectivity index (χ4v) is 4.95. The van der Waals surface area contributed by atoms with Gasteiger partial charge in [-0.25, -0.2) is 0 Å². The molecule has 1 aliphatic heterocycles. The van der Waals surface area contributed by atoms with Gasteiger partial charge in [-0.3, -0.25) is 14.9 Å². The van der Waals surface area contributed by atoms with Gasteiger partial charge in [0, 0.05) is 48.7 Å². The molecule has 0 aliphatic carbocycles. The quantitative estimate of drug-likeness (QED) is 0.396. The van der Waals surface area contributed by atoms with Crippen molar-refractivity contribution < 1.29 is 14.4 Å². The maximum atomic E-state index is 12.8. The van der Waals surface area contributed by atoms with Crippen molar-refractivity contribution in [1.82, 2.24) is 9.88 Å². The van der Waals surface area contributed by atoms with Gasteiger partial charge in [-0.15, -0.1) is 11.3 Å². The molecule has 5 rings (SSSR count). The lowest BCUT2D eigenvalue weighted by atomic mass is 9.95. The number of aromatic nitrogens is 1. The number of carbonyl (C=O) groups is 3. The number of aldehydes is 1. The number of nitrogens with zero attached hydrogens (tertiary/aromatic N) is 1. The van der Waals surface area contributed by atoms with Crippen LogP contribution in [-0.4, -0.2) is 22.7 Å². The highest BCUT2D eigenvalue weighted by Crippen LogP contribution is 2.40. The van der Waals surface area contributed by atoms with Crippen molar-refractivity contribution in [2.45, 2.75) is 6.54 Å². The molecule has 0 saturated carbocycles. The Balaban J connectivity index is 1.84. The molecule has 2 amide bonds. The number of hydrogen-bond acceptors (Lipinski definition) is 4. The van der Waals surface area contributed by atoms with Gasteiger partial charge in [0.2, 0.25) is 0 Å². The SMILES string of the molecule is O=CCn1cc(C2=C(c3csc4ccc(Cl)cc34)C(=O)NC2=O)c2ccccc21. The van der Waals surface area contributed by atoms with Gasteiger partial charge >= 0.3 is 0 Å². The molecule has 1 N–H and O–H groups in total. The van der Waals surface area contributed by atoms with Gasteiger partial charge in [0.15, 0.2) is 0 Å². The Hall–Kier alpha value is -3.22. The standard InChI is InChI=1S/C22H13ClN2O3S/c23-12-5-6-18-14(9-12)16(11-29-18)20-19(21(27)24-22(20)28)15-10-25(7-8-26)17-4-2-1-3-13(15)17/h1-6,8-11H,7H2,(H,24,27,28). The molecule has 2 aromatic carbocycles. The number of fused-ring (bicyclic) bond motifs is 2. The summed E-state index contributed by atoms with van der Waals surface area (Å²) in [5.41, 5.74) is 2.78. The molecule has 29 heavy (non-hydrogen) atoms. The molecule has 142 valence electrons. The topological polar surface area (TPSA) is 68.2 Å². The summed E-state index contributed by atoms with van der Waals surface area (Å²) >= 11 is 7.66. The van der Waals surface area contributed by atoms with E-state index in [0.29, 0.717) is 27.3 Å². The second kappa shape index (κ2) is 6.69. The third-order valence-electron chi connectivity index (χ3n) is 5.07. The molecule has 1 aliphatic rings. The predicted octanol–water partition coefficient (Wildman–Crippen LogP) is 4.28. The first-order chi connectivity index (χ1) is 14.1. The molecule has 0 atom stereocenters. The first kappa shape index (κ1) is 17.8. The van der Waals surface area contributed by atoms with Crippen LogP contribution in [0.15, 0.2) is 54.0 Å². The lowest BCUT2D eigenvalue weighted by Gasteiger charge is -2.03. The Kier molecular flexibility index (Phi) is 4.12. The van der Waals surface area contributed by atoms with E-state index in [1.165, 1.54) is 11.3 Å². The van der Waals surface area contributed by atoms with Gasteiger partial charge in [0.05, 0.1) is 17.7 Å². The first-order valence-electron chi connectivity index (χ1n) is 8.87. The van der Waals surface area contributed by atoms with Crippen molar-refractivity contribution in [2.24, 2.45) is 0 Å². The zero-order chi connectivity index (χ0) is 20.1. The molecule has 0 bridgehead atoms. The van der Waals surface area contributed by atoms with E-state index in [4.69, 9.17) is 11.6 Å². The molecule has 0 saturated heterocycles. The van der Waals surface area contributed by atoms with E-state index >= 15 is 0 Å². The molecule has 7 heteroatoms. The Morgan fingerprint density at radius 2 is 1.76 bits per heavy atom. The number of benzene rings is 2. The number of thiophene rings is 1. The van der Waals surface area contributed by atoms with Crippen molar-refractivity contribution in [1.29, 1.82) is 0 Å². The molecule has 4 aromatic rings. The van der Waals surface area contributed by atoms with E-state index in [9.17, 15) is 14.4 Å². The van der Waals surface area contributed by atoms with Gasteiger partial charge in [0.25, 0.3) is 11.8 Å². The Morgan fingerprint density at radius 3 is 2.55 bits per heavy atom. The lowest BCUT2D eigenvalue weighted by Crippen LogP contribution is -2.22. The summed E-state index contributed by atoms with van der Waals surface area (Å²) in [6.07, 6.45) is 2.56. The van der Waals surface area contributed by atoms with Crippen molar-refractivity contribution in [3.63, 3.8) is 0 Å². The number of para-hydroxylation sites is 1. The van der Waals surface area contributed by atoms with Crippen LogP contribution in [-0.2, 0) is 20.9 Å². The minimum atomic E-state index is -0.444. The fraction of sp³-hybridized carbons (Fsp3) is 0.0455. The molecule has 0 unspecified atom stereocenters. The minimum absolute atomic E-state index is 0.162. The third-order valence-corrected chi connectivity index (χ3v) is 6.26. The largest absolute Gasteiger partial charge is 0.340 e. The van der Waals surface area contributed by atoms with Crippen LogP contribution in [0.25, 0.3) is 32.1 Å². The van der Waals surface area contributed by atoms with Gasteiger partial charge < -0.3 is 9.36 Å². The number of rotatable bonds is 4. The molecule has 0 fully saturated rings. The van der Waals surface area contributed by atoms with E-state index < -0.39 is 11.8 Å². The zero-order valence-electron chi connectivity index (χ0n) is 14.9. The average Bonchev–Trinajstić information content (AvgIpc) is 3.35. The Bertz CT molecular complexity index is 1380. The predicted molar refractivity (Wildman–Crippen MR) is 115 cm³/mol. The summed E-state index contributed by atoms with van der Waals surface area (Å²) in [6, 6.07) is 13.0. The number of imide groups is 1. The van der Waals surface area contributed by atoms with E-state index in [1.54, 1.807) is 22.9 Å². The molecular weight excluding hydrogens is 408 g/mol. The van der Waals surface area contributed by atoms with E-state index in [0.717, 1.165) is 27.3 Å². The zero-order valence-corrected chi connectivity index (χ0v) is 16.5. The van der Waals surface area contributed by atoms with Crippen LogP contribution in [0.4, 0.5) is 0 Å². The molecule has 0 radical (unpaired) electrons. The second-order valence-electron chi connectivity index (χ2n) is 6.70. The second-order valence-corrected chi connectivity index (χ2v) is 8.05. The number of hydrogen-bond donors (Lipinski definition) is 1. The van der Waals surface area contributed by atoms with Crippen LogP contribution in [0.1, 0.15) is 11.1 Å². The van der Waals surface area contributed by atoms with Crippen LogP contribution in [0.2, 0.25) is 5.02 Å². The molecule has 0 spiro atoms. The smallest absolute Gasteiger partial charge is 0.259 e. The number of amides is 2. The van der Waals surface area contributed by atoms with Crippen LogP contribution in [0.5, 0.6) is 0 Å². The number of carbonyl (C=O) groups excluding carboxylic acids is 3. The van der Waals surface area contributed by atoms with Crippen molar-refractivity contribution >= 4 is 73.2 Å². The van der Waals surface area contributed by atoms with E-state index in [2.05, 4.69) is 5.32 Å². The summed E-state index contributed by atoms with van der Waals surface area (Å²) in [6.45, 7) is 0.162. The van der Waals surface area contributed by atoms with E-state index in [-0.39, 0.29) is 6.54 Å². The van der Waals surface area contributed by atoms with E-state index in [1.807, 2.05) is 35.7 Å². The van der Waals surface area contributed by atoms with Crippen molar-refractivity contribution in [2.75, 3.05) is 0 Å². The number of halogens is 1. The normalized spacial score (nSPS) is 14.2. The average molecular weight is 421 g/mol. The summed E-state index contributed by atoms with van der Waals surface area (Å²) in [4.78, 5) is 36.7. The van der Waals surface area contributed by atoms with Crippen LogP contribution in [0, 0.1) is 0 Å². The van der Waals surface area contributed by atoms with Gasteiger partial charge in [-0.05, 0) is 24.3 Å². The third kappa shape index (κ3) is 2.72. The minimum Gasteiger partial charge on any atom is -0.340 e. The van der Waals surface area contributed by atoms with Gasteiger partial charge in [-0.2, -0.15) is 0 Å². The summed E-state index contributed by atoms with van der Waals surface area (Å²) in [5, 5.41) is 6.51. The van der Waals surface area contributed by atoms with Crippen molar-refractivity contribution in [3.8, 4) is 0 Å². The highest BCUT2D eigenvalue weighted by molar-refractivity contribution is 7.17. The van der Waals surface area contributed by atoms with Crippen LogP contribution >= 0.6 is 22.9 Å². The maximum absolute atomic E-state index is 12.8. The Labute approximate surface area is 174 Å².